The van der Waals surface area contributed by atoms with Crippen LogP contribution in [0.4, 0.5) is 10.5 Å². The third-order valence-corrected chi connectivity index (χ3v) is 6.93. The first-order chi connectivity index (χ1) is 19.8. The average Bonchev–Trinajstić information content (AvgIpc) is 2.91. The first-order valence-corrected chi connectivity index (χ1v) is 14.4. The van der Waals surface area contributed by atoms with Crippen LogP contribution in [0.25, 0.3) is 0 Å². The number of rotatable bonds is 10. The van der Waals surface area contributed by atoms with E-state index >= 15 is 0 Å². The van der Waals surface area contributed by atoms with Crippen molar-refractivity contribution < 1.29 is 24.2 Å². The number of para-hydroxylation sites is 2. The second kappa shape index (κ2) is 14.2. The molecule has 2 unspecified atom stereocenters. The van der Waals surface area contributed by atoms with Crippen LogP contribution in [-0.2, 0) is 20.7 Å². The van der Waals surface area contributed by atoms with Gasteiger partial charge in [0.05, 0.1) is 10.7 Å². The van der Waals surface area contributed by atoms with E-state index in [4.69, 9.17) is 16.3 Å². The molecule has 8 nitrogen and oxygen atoms in total. The van der Waals surface area contributed by atoms with Crippen LogP contribution in [-0.4, -0.2) is 46.1 Å². The molecule has 0 saturated carbocycles. The van der Waals surface area contributed by atoms with Gasteiger partial charge in [0.1, 0.15) is 23.4 Å². The molecule has 0 aliphatic heterocycles. The fourth-order valence-corrected chi connectivity index (χ4v) is 4.91. The predicted octanol–water partition coefficient (Wildman–Crippen LogP) is 6.72. The van der Waals surface area contributed by atoms with Crippen LogP contribution in [0.15, 0.2) is 66.7 Å². The van der Waals surface area contributed by atoms with Crippen molar-refractivity contribution in [3.8, 4) is 5.75 Å². The minimum absolute atomic E-state index is 0.0952. The van der Waals surface area contributed by atoms with Crippen molar-refractivity contribution in [1.82, 2.24) is 10.2 Å². The molecule has 0 aliphatic rings. The first kappa shape index (κ1) is 32.5. The van der Waals surface area contributed by atoms with Crippen LogP contribution in [0.1, 0.15) is 62.4 Å². The lowest BCUT2D eigenvalue weighted by Crippen LogP contribution is -2.53. The van der Waals surface area contributed by atoms with E-state index in [1.54, 1.807) is 58.0 Å². The van der Waals surface area contributed by atoms with Crippen molar-refractivity contribution in [3.63, 3.8) is 0 Å². The van der Waals surface area contributed by atoms with Crippen molar-refractivity contribution in [2.75, 3.05) is 11.9 Å². The van der Waals surface area contributed by atoms with E-state index in [1.165, 1.54) is 4.90 Å². The lowest BCUT2D eigenvalue weighted by Gasteiger charge is -2.35. The third-order valence-electron chi connectivity index (χ3n) is 6.61. The Bertz CT molecular complexity index is 1380. The second-order valence-electron chi connectivity index (χ2n) is 11.3. The quantitative estimate of drug-likeness (QED) is 0.242. The number of carbonyl (C=O) groups is 3. The molecule has 0 aliphatic carbocycles. The topological polar surface area (TPSA) is 108 Å². The number of benzene rings is 3. The summed E-state index contributed by atoms with van der Waals surface area (Å²) in [5, 5.41) is 17.1. The zero-order valence-corrected chi connectivity index (χ0v) is 25.8. The highest BCUT2D eigenvalue weighted by molar-refractivity contribution is 6.34. The van der Waals surface area contributed by atoms with E-state index in [9.17, 15) is 19.5 Å². The van der Waals surface area contributed by atoms with Gasteiger partial charge in [-0.1, -0.05) is 79.2 Å². The van der Waals surface area contributed by atoms with Crippen LogP contribution in [0.2, 0.25) is 5.02 Å². The maximum atomic E-state index is 14.4. The van der Waals surface area contributed by atoms with E-state index < -0.39 is 35.6 Å². The molecule has 3 aromatic carbocycles. The number of halogens is 1. The van der Waals surface area contributed by atoms with E-state index in [-0.39, 0.29) is 24.3 Å². The largest absolute Gasteiger partial charge is 0.507 e. The van der Waals surface area contributed by atoms with Crippen LogP contribution in [0.5, 0.6) is 5.75 Å². The maximum Gasteiger partial charge on any atom is 0.408 e. The van der Waals surface area contributed by atoms with Gasteiger partial charge >= 0.3 is 6.09 Å². The van der Waals surface area contributed by atoms with E-state index in [0.29, 0.717) is 22.7 Å². The summed E-state index contributed by atoms with van der Waals surface area (Å²) in [5.74, 6) is -1.14. The molecule has 9 heteroatoms. The molecule has 3 amide bonds. The predicted molar refractivity (Wildman–Crippen MR) is 166 cm³/mol. The molecule has 3 rings (SSSR count). The molecule has 0 saturated heterocycles. The van der Waals surface area contributed by atoms with Gasteiger partial charge < -0.3 is 25.4 Å². The van der Waals surface area contributed by atoms with E-state index in [2.05, 4.69) is 10.6 Å². The smallest absolute Gasteiger partial charge is 0.408 e. The first-order valence-electron chi connectivity index (χ1n) is 14.0. The fourth-order valence-electron chi connectivity index (χ4n) is 4.64. The molecule has 0 spiro atoms. The number of hydrogen-bond acceptors (Lipinski definition) is 5. The number of ether oxygens (including phenoxy) is 1. The molecule has 3 N–H and O–H groups in total. The number of aryl methyl sites for hydroxylation is 2. The Morgan fingerprint density at radius 2 is 1.60 bits per heavy atom. The molecule has 224 valence electrons. The number of amides is 3. The van der Waals surface area contributed by atoms with Crippen molar-refractivity contribution >= 4 is 35.2 Å². The van der Waals surface area contributed by atoms with E-state index in [1.807, 2.05) is 50.2 Å². The Balaban J connectivity index is 2.10. The van der Waals surface area contributed by atoms with Gasteiger partial charge in [0.25, 0.3) is 5.91 Å². The zero-order valence-electron chi connectivity index (χ0n) is 25.0. The summed E-state index contributed by atoms with van der Waals surface area (Å²) in [6.07, 6.45) is -0.0754. The van der Waals surface area contributed by atoms with Gasteiger partial charge in [0, 0.05) is 18.5 Å². The summed E-state index contributed by atoms with van der Waals surface area (Å²) in [7, 11) is 0. The summed E-state index contributed by atoms with van der Waals surface area (Å²) in [6.45, 7) is 10.8. The monoisotopic (exact) mass is 593 g/mol. The SMILES string of the molecule is CCCN(C(=O)C(Cc1ccccc1)NC(=O)OC(C)(C)C)C(C(=O)Nc1c(C)cccc1Cl)c1cccc(C)c1O. The standard InChI is InChI=1S/C33H40ClN3O5/c1-7-19-37(31(40)26(20-23-15-9-8-10-16-23)35-32(41)42-33(4,5)6)28(24-17-11-14-22(3)29(24)38)30(39)36-27-21(2)13-12-18-25(27)34/h8-18,26,28,38H,7,19-20H2,1-6H3,(H,35,41)(H,36,39). The molecule has 42 heavy (non-hydrogen) atoms. The molecule has 2 atom stereocenters. The maximum absolute atomic E-state index is 14.4. The number of carbonyl (C=O) groups excluding carboxylic acids is 3. The number of aromatic hydroxyl groups is 1. The lowest BCUT2D eigenvalue weighted by atomic mass is 9.97. The van der Waals surface area contributed by atoms with Crippen LogP contribution < -0.4 is 10.6 Å². The van der Waals surface area contributed by atoms with Gasteiger partial charge in [0.2, 0.25) is 5.91 Å². The van der Waals surface area contributed by atoms with Gasteiger partial charge in [-0.2, -0.15) is 0 Å². The third kappa shape index (κ3) is 8.49. The molecular formula is C33H40ClN3O5. The van der Waals surface area contributed by atoms with Crippen molar-refractivity contribution in [2.24, 2.45) is 0 Å². The summed E-state index contributed by atoms with van der Waals surface area (Å²) in [4.78, 5) is 42.8. The molecular weight excluding hydrogens is 554 g/mol. The highest BCUT2D eigenvalue weighted by Crippen LogP contribution is 2.34. The van der Waals surface area contributed by atoms with Gasteiger partial charge in [-0.3, -0.25) is 9.59 Å². The normalized spacial score (nSPS) is 12.6. The molecule has 0 radical (unpaired) electrons. The number of nitrogens with one attached hydrogen (secondary N) is 2. The summed E-state index contributed by atoms with van der Waals surface area (Å²) in [5.41, 5.74) is 2.00. The number of alkyl carbamates (subject to hydrolysis) is 1. The van der Waals surface area contributed by atoms with Crippen LogP contribution >= 0.6 is 11.6 Å². The number of anilines is 1. The summed E-state index contributed by atoms with van der Waals surface area (Å²) in [6, 6.07) is 17.3. The number of phenolic OH excluding ortho intramolecular Hbond substituents is 1. The Morgan fingerprint density at radius 3 is 2.21 bits per heavy atom. The van der Waals surface area contributed by atoms with Crippen molar-refractivity contribution in [2.45, 2.75) is 72.1 Å². The Morgan fingerprint density at radius 1 is 0.952 bits per heavy atom. The molecule has 3 aromatic rings. The van der Waals surface area contributed by atoms with Gasteiger partial charge in [0.15, 0.2) is 0 Å². The Labute approximate surface area is 253 Å². The summed E-state index contributed by atoms with van der Waals surface area (Å²) >= 11 is 6.43. The second-order valence-corrected chi connectivity index (χ2v) is 11.7. The highest BCUT2D eigenvalue weighted by Gasteiger charge is 2.37. The fraction of sp³-hybridized carbons (Fsp3) is 0.364. The van der Waals surface area contributed by atoms with Crippen molar-refractivity contribution in [1.29, 1.82) is 0 Å². The van der Waals surface area contributed by atoms with Crippen LogP contribution in [0, 0.1) is 13.8 Å². The Hall–Kier alpha value is -4.04. The summed E-state index contributed by atoms with van der Waals surface area (Å²) < 4.78 is 5.47. The van der Waals surface area contributed by atoms with Crippen molar-refractivity contribution in [3.05, 3.63) is 94.0 Å². The van der Waals surface area contributed by atoms with Gasteiger partial charge in [-0.05, 0) is 63.8 Å². The average molecular weight is 594 g/mol. The van der Waals surface area contributed by atoms with Gasteiger partial charge in [-0.25, -0.2) is 4.79 Å². The number of nitrogens with zero attached hydrogens (tertiary/aromatic N) is 1. The van der Waals surface area contributed by atoms with Gasteiger partial charge in [-0.15, -0.1) is 0 Å². The molecule has 0 fully saturated rings. The zero-order chi connectivity index (χ0) is 31.0. The molecule has 0 heterocycles. The molecule has 0 bridgehead atoms. The lowest BCUT2D eigenvalue weighted by molar-refractivity contribution is -0.140. The molecule has 0 aromatic heterocycles. The number of hydrogen-bond donors (Lipinski definition) is 3. The minimum Gasteiger partial charge on any atom is -0.507 e. The van der Waals surface area contributed by atoms with E-state index in [0.717, 1.165) is 11.1 Å². The highest BCUT2D eigenvalue weighted by atomic mass is 35.5. The Kier molecular flexibility index (Phi) is 11.0. The minimum atomic E-state index is -1.23. The van der Waals surface area contributed by atoms with Crippen LogP contribution in [0.3, 0.4) is 0 Å². The number of phenols is 1.